The number of H-pyrrole nitrogens is 1. The highest BCUT2D eigenvalue weighted by Gasteiger charge is 2.14. The second-order valence-electron chi connectivity index (χ2n) is 3.22. The van der Waals surface area contributed by atoms with Crippen LogP contribution in [0.25, 0.3) is 5.69 Å². The van der Waals surface area contributed by atoms with E-state index in [1.54, 1.807) is 36.7 Å². The van der Waals surface area contributed by atoms with Gasteiger partial charge in [0.1, 0.15) is 0 Å². The molecule has 2 N–H and O–H groups in total. The van der Waals surface area contributed by atoms with E-state index in [2.05, 4.69) is 30.9 Å². The third kappa shape index (κ3) is 3.19. The summed E-state index contributed by atoms with van der Waals surface area (Å²) in [5, 5.41) is 28.3. The van der Waals surface area contributed by atoms with E-state index in [9.17, 15) is 4.79 Å². The Morgan fingerprint density at radius 3 is 2.58 bits per heavy atom. The van der Waals surface area contributed by atoms with Gasteiger partial charge in [0.15, 0.2) is 0 Å². The van der Waals surface area contributed by atoms with Crippen LogP contribution in [0, 0.1) is 0 Å². The first-order valence-electron chi connectivity index (χ1n) is 5.16. The molecule has 0 saturated heterocycles. The molecule has 96 valence electrons. The minimum absolute atomic E-state index is 0.198. The van der Waals surface area contributed by atoms with Crippen LogP contribution in [-0.4, -0.2) is 46.7 Å². The summed E-state index contributed by atoms with van der Waals surface area (Å²) in [4.78, 5) is 10.7. The predicted molar refractivity (Wildman–Crippen MR) is 62.5 cm³/mol. The average molecular weight is 259 g/mol. The van der Waals surface area contributed by atoms with E-state index in [1.807, 2.05) is 6.07 Å². The van der Waals surface area contributed by atoms with Gasteiger partial charge in [-0.1, -0.05) is 23.4 Å². The molecule has 0 bridgehead atoms. The number of carboxylic acids is 1. The maximum Gasteiger partial charge on any atom is 0.376 e. The Morgan fingerprint density at radius 2 is 2.05 bits per heavy atom. The zero-order valence-corrected chi connectivity index (χ0v) is 9.58. The Morgan fingerprint density at radius 1 is 1.26 bits per heavy atom. The van der Waals surface area contributed by atoms with Gasteiger partial charge in [0.25, 0.3) is 5.82 Å². The van der Waals surface area contributed by atoms with E-state index in [1.165, 1.54) is 4.68 Å². The topological polar surface area (TPSA) is 122 Å². The molecule has 0 atom stereocenters. The lowest BCUT2D eigenvalue weighted by molar-refractivity contribution is 0.0680. The molecule has 0 spiro atoms. The number of aromatic nitrogens is 7. The Bertz CT molecular complexity index is 603. The molecule has 3 rings (SSSR count). The van der Waals surface area contributed by atoms with E-state index in [-0.39, 0.29) is 5.82 Å². The lowest BCUT2D eigenvalue weighted by Gasteiger charge is -1.99. The third-order valence-corrected chi connectivity index (χ3v) is 1.99. The molecule has 3 aromatic rings. The molecule has 9 heteroatoms. The quantitative estimate of drug-likeness (QED) is 0.672. The average Bonchev–Trinajstić information content (AvgIpc) is 3.14. The van der Waals surface area contributed by atoms with Crippen molar-refractivity contribution in [1.29, 1.82) is 0 Å². The van der Waals surface area contributed by atoms with E-state index in [0.717, 1.165) is 0 Å². The van der Waals surface area contributed by atoms with Crippen LogP contribution < -0.4 is 0 Å². The molecular formula is C10H9N7O2. The molecule has 0 fully saturated rings. The van der Waals surface area contributed by atoms with Crippen LogP contribution >= 0.6 is 0 Å². The number of hydrogen-bond acceptors (Lipinski definition) is 6. The van der Waals surface area contributed by atoms with Gasteiger partial charge in [0.05, 0.1) is 11.9 Å². The number of aromatic carboxylic acids is 1. The highest BCUT2D eigenvalue weighted by atomic mass is 16.4. The van der Waals surface area contributed by atoms with Crippen LogP contribution in [0.5, 0.6) is 0 Å². The van der Waals surface area contributed by atoms with Crippen LogP contribution in [0.15, 0.2) is 42.7 Å². The van der Waals surface area contributed by atoms with Gasteiger partial charge in [-0.15, -0.1) is 10.2 Å². The predicted octanol–water partition coefficient (Wildman–Crippen LogP) is 0.165. The second kappa shape index (κ2) is 6.00. The number of para-hydroxylation sites is 1. The van der Waals surface area contributed by atoms with Crippen LogP contribution in [0.1, 0.15) is 10.6 Å². The van der Waals surface area contributed by atoms with Gasteiger partial charge in [-0.3, -0.25) is 5.10 Å². The number of hydrogen-bond donors (Lipinski definition) is 2. The number of carboxylic acid groups (broad SMARTS) is 1. The minimum Gasteiger partial charge on any atom is -0.475 e. The largest absolute Gasteiger partial charge is 0.475 e. The SMILES string of the molecule is O=C(O)c1nnnn1-c1ccccc1.c1c[nH]nn1. The normalized spacial score (nSPS) is 9.47. The van der Waals surface area contributed by atoms with E-state index >= 15 is 0 Å². The molecule has 1 aromatic carbocycles. The first-order valence-corrected chi connectivity index (χ1v) is 5.16. The van der Waals surface area contributed by atoms with Crippen molar-refractivity contribution in [2.24, 2.45) is 0 Å². The fourth-order valence-corrected chi connectivity index (χ4v) is 1.23. The fraction of sp³-hybridized carbons (Fsp3) is 0. The second-order valence-corrected chi connectivity index (χ2v) is 3.22. The van der Waals surface area contributed by atoms with Gasteiger partial charge in [0, 0.05) is 6.20 Å². The van der Waals surface area contributed by atoms with Crippen LogP contribution in [0.4, 0.5) is 0 Å². The standard InChI is InChI=1S/C8H6N4O2.C2H3N3/c13-8(14)7-9-10-11-12(7)6-4-2-1-3-5-6;1-2-4-5-3-1/h1-5H,(H,13,14);1-2H,(H,3,4,5). The zero-order valence-electron chi connectivity index (χ0n) is 9.58. The van der Waals surface area contributed by atoms with Crippen LogP contribution in [0.2, 0.25) is 0 Å². The van der Waals surface area contributed by atoms with Crippen LogP contribution in [-0.2, 0) is 0 Å². The van der Waals surface area contributed by atoms with Crippen molar-refractivity contribution in [1.82, 2.24) is 35.6 Å². The fourth-order valence-electron chi connectivity index (χ4n) is 1.23. The van der Waals surface area contributed by atoms with E-state index < -0.39 is 5.97 Å². The molecule has 0 aliphatic carbocycles. The number of rotatable bonds is 2. The van der Waals surface area contributed by atoms with Gasteiger partial charge >= 0.3 is 5.97 Å². The molecule has 19 heavy (non-hydrogen) atoms. The van der Waals surface area contributed by atoms with E-state index in [4.69, 9.17) is 5.11 Å². The first kappa shape index (κ1) is 12.4. The highest BCUT2D eigenvalue weighted by Crippen LogP contribution is 2.06. The molecule has 2 heterocycles. The minimum atomic E-state index is -1.15. The van der Waals surface area contributed by atoms with Crippen molar-refractivity contribution in [2.75, 3.05) is 0 Å². The van der Waals surface area contributed by atoms with Gasteiger partial charge < -0.3 is 5.11 Å². The van der Waals surface area contributed by atoms with Crippen molar-refractivity contribution < 1.29 is 9.90 Å². The molecule has 9 nitrogen and oxygen atoms in total. The Hall–Kier alpha value is -3.10. The van der Waals surface area contributed by atoms with Crippen molar-refractivity contribution in [3.05, 3.63) is 48.5 Å². The summed E-state index contributed by atoms with van der Waals surface area (Å²) >= 11 is 0. The number of tetrazole rings is 1. The zero-order chi connectivity index (χ0) is 13.5. The molecule has 0 unspecified atom stereocenters. The summed E-state index contributed by atoms with van der Waals surface area (Å²) in [7, 11) is 0. The van der Waals surface area contributed by atoms with Gasteiger partial charge in [-0.2, -0.15) is 4.68 Å². The maximum atomic E-state index is 10.7. The smallest absolute Gasteiger partial charge is 0.376 e. The lowest BCUT2D eigenvalue weighted by atomic mass is 10.3. The summed E-state index contributed by atoms with van der Waals surface area (Å²) in [6.07, 6.45) is 3.24. The van der Waals surface area contributed by atoms with Crippen molar-refractivity contribution >= 4 is 5.97 Å². The molecule has 0 aliphatic rings. The third-order valence-electron chi connectivity index (χ3n) is 1.99. The molecule has 0 saturated carbocycles. The number of nitrogens with zero attached hydrogens (tertiary/aromatic N) is 6. The lowest BCUT2D eigenvalue weighted by Crippen LogP contribution is -2.08. The van der Waals surface area contributed by atoms with Crippen molar-refractivity contribution in [3.63, 3.8) is 0 Å². The van der Waals surface area contributed by atoms with Crippen molar-refractivity contribution in [2.45, 2.75) is 0 Å². The Balaban J connectivity index is 0.000000224. The van der Waals surface area contributed by atoms with E-state index in [0.29, 0.717) is 5.69 Å². The monoisotopic (exact) mass is 259 g/mol. The first-order chi connectivity index (χ1) is 9.29. The number of carbonyl (C=O) groups is 1. The molecule has 0 aliphatic heterocycles. The number of benzene rings is 1. The Labute approximate surface area is 106 Å². The summed E-state index contributed by atoms with van der Waals surface area (Å²) in [5.41, 5.74) is 0.620. The molecule has 0 amide bonds. The summed E-state index contributed by atoms with van der Waals surface area (Å²) in [6.45, 7) is 0. The Kier molecular flexibility index (Phi) is 3.90. The maximum absolute atomic E-state index is 10.7. The van der Waals surface area contributed by atoms with Crippen LogP contribution in [0.3, 0.4) is 0 Å². The summed E-state index contributed by atoms with van der Waals surface area (Å²) < 4.78 is 1.17. The molecule has 0 radical (unpaired) electrons. The highest BCUT2D eigenvalue weighted by molar-refractivity contribution is 5.83. The summed E-state index contributed by atoms with van der Waals surface area (Å²) in [6, 6.07) is 8.84. The molecular weight excluding hydrogens is 250 g/mol. The van der Waals surface area contributed by atoms with Gasteiger partial charge in [0.2, 0.25) is 0 Å². The number of nitrogens with one attached hydrogen (secondary N) is 1. The van der Waals surface area contributed by atoms with Gasteiger partial charge in [-0.05, 0) is 22.6 Å². The van der Waals surface area contributed by atoms with Gasteiger partial charge in [-0.25, -0.2) is 4.79 Å². The van der Waals surface area contributed by atoms with Crippen molar-refractivity contribution in [3.8, 4) is 5.69 Å². The number of aromatic amines is 1. The molecule has 2 aromatic heterocycles. The summed E-state index contributed by atoms with van der Waals surface area (Å²) in [5.74, 6) is -1.35.